The van der Waals surface area contributed by atoms with Gasteiger partial charge in [0.1, 0.15) is 0 Å². The van der Waals surface area contributed by atoms with E-state index in [2.05, 4.69) is 21.9 Å². The molecular formula is C14H24N4O3. The van der Waals surface area contributed by atoms with Gasteiger partial charge in [-0.15, -0.1) is 5.10 Å². The highest BCUT2D eigenvalue weighted by Gasteiger charge is 2.24. The maximum Gasteiger partial charge on any atom is 0.437 e. The summed E-state index contributed by atoms with van der Waals surface area (Å²) in [5, 5.41) is 4.40. The predicted molar refractivity (Wildman–Crippen MR) is 77.5 cm³/mol. The SMILES string of the molecule is CN1CCC(c2nn(CCN3CCOCC3)c(=O)o2)CC1. The molecule has 0 spiro atoms. The molecule has 0 unspecified atom stereocenters. The van der Waals surface area contributed by atoms with E-state index in [1.165, 1.54) is 4.68 Å². The van der Waals surface area contributed by atoms with Crippen LogP contribution in [0.25, 0.3) is 0 Å². The molecule has 0 N–H and O–H groups in total. The lowest BCUT2D eigenvalue weighted by Gasteiger charge is -2.26. The number of rotatable bonds is 4. The van der Waals surface area contributed by atoms with Crippen molar-refractivity contribution in [1.82, 2.24) is 19.6 Å². The second-order valence-electron chi connectivity index (χ2n) is 5.96. The smallest absolute Gasteiger partial charge is 0.392 e. The van der Waals surface area contributed by atoms with Gasteiger partial charge in [-0.25, -0.2) is 4.79 Å². The van der Waals surface area contributed by atoms with Crippen LogP contribution in [0.15, 0.2) is 9.21 Å². The van der Waals surface area contributed by atoms with E-state index in [9.17, 15) is 4.79 Å². The number of likely N-dealkylation sites (tertiary alicyclic amines) is 1. The van der Waals surface area contributed by atoms with Crippen LogP contribution in [0.1, 0.15) is 24.7 Å². The van der Waals surface area contributed by atoms with Crippen molar-refractivity contribution < 1.29 is 9.15 Å². The summed E-state index contributed by atoms with van der Waals surface area (Å²) in [6.07, 6.45) is 2.03. The molecule has 2 fully saturated rings. The highest BCUT2D eigenvalue weighted by atomic mass is 16.5. The van der Waals surface area contributed by atoms with Gasteiger partial charge in [0.25, 0.3) is 0 Å². The quantitative estimate of drug-likeness (QED) is 0.778. The molecule has 2 saturated heterocycles. The Hall–Kier alpha value is -1.18. The molecule has 7 nitrogen and oxygen atoms in total. The van der Waals surface area contributed by atoms with Crippen LogP contribution in [0.2, 0.25) is 0 Å². The maximum atomic E-state index is 11.9. The van der Waals surface area contributed by atoms with Crippen LogP contribution in [0, 0.1) is 0 Å². The van der Waals surface area contributed by atoms with Gasteiger partial charge >= 0.3 is 5.76 Å². The van der Waals surface area contributed by atoms with Crippen LogP contribution in [0.5, 0.6) is 0 Å². The summed E-state index contributed by atoms with van der Waals surface area (Å²) in [6.45, 7) is 6.88. The van der Waals surface area contributed by atoms with Crippen LogP contribution >= 0.6 is 0 Å². The number of piperidine rings is 1. The molecule has 0 saturated carbocycles. The zero-order valence-corrected chi connectivity index (χ0v) is 12.7. The van der Waals surface area contributed by atoms with E-state index in [-0.39, 0.29) is 5.76 Å². The van der Waals surface area contributed by atoms with Crippen molar-refractivity contribution in [2.24, 2.45) is 0 Å². The number of morpholine rings is 1. The monoisotopic (exact) mass is 296 g/mol. The van der Waals surface area contributed by atoms with Crippen molar-refractivity contribution in [3.8, 4) is 0 Å². The number of hydrogen-bond donors (Lipinski definition) is 0. The third-order valence-corrected chi connectivity index (χ3v) is 4.42. The molecule has 21 heavy (non-hydrogen) atoms. The van der Waals surface area contributed by atoms with Crippen molar-refractivity contribution in [2.45, 2.75) is 25.3 Å². The van der Waals surface area contributed by atoms with Gasteiger partial charge in [0.15, 0.2) is 0 Å². The van der Waals surface area contributed by atoms with Crippen molar-refractivity contribution in [2.75, 3.05) is 53.0 Å². The zero-order chi connectivity index (χ0) is 14.7. The molecule has 7 heteroatoms. The van der Waals surface area contributed by atoms with E-state index in [1.807, 2.05) is 0 Å². The van der Waals surface area contributed by atoms with Crippen LogP contribution < -0.4 is 5.76 Å². The Kier molecular flexibility index (Phi) is 4.72. The molecule has 0 amide bonds. The Bertz CT molecular complexity index is 499. The number of ether oxygens (including phenoxy) is 1. The Morgan fingerprint density at radius 1 is 1.14 bits per heavy atom. The van der Waals surface area contributed by atoms with Crippen LogP contribution in [0.3, 0.4) is 0 Å². The lowest BCUT2D eigenvalue weighted by Crippen LogP contribution is -2.39. The molecular weight excluding hydrogens is 272 g/mol. The molecule has 1 aromatic rings. The first-order valence-corrected chi connectivity index (χ1v) is 7.79. The fraction of sp³-hybridized carbons (Fsp3) is 0.857. The van der Waals surface area contributed by atoms with Crippen molar-refractivity contribution in [3.63, 3.8) is 0 Å². The predicted octanol–water partition coefficient (Wildman–Crippen LogP) is -0.0223. The molecule has 0 atom stereocenters. The largest absolute Gasteiger partial charge is 0.437 e. The fourth-order valence-electron chi connectivity index (χ4n) is 2.95. The summed E-state index contributed by atoms with van der Waals surface area (Å²) in [5.41, 5.74) is 0. The molecule has 2 aliphatic rings. The van der Waals surface area contributed by atoms with E-state index in [0.717, 1.165) is 58.8 Å². The standard InChI is InChI=1S/C14H24N4O3/c1-16-4-2-12(3-5-16)13-15-18(14(19)21-13)7-6-17-8-10-20-11-9-17/h12H,2-11H2,1H3. The lowest BCUT2D eigenvalue weighted by molar-refractivity contribution is 0.0357. The molecule has 3 rings (SSSR count). The third-order valence-electron chi connectivity index (χ3n) is 4.42. The molecule has 3 heterocycles. The number of hydrogen-bond acceptors (Lipinski definition) is 6. The lowest BCUT2D eigenvalue weighted by atomic mass is 9.97. The second kappa shape index (κ2) is 6.72. The van der Waals surface area contributed by atoms with E-state index in [4.69, 9.17) is 9.15 Å². The summed E-state index contributed by atoms with van der Waals surface area (Å²) in [6, 6.07) is 0. The van der Waals surface area contributed by atoms with Crippen LogP contribution in [-0.4, -0.2) is 72.6 Å². The Morgan fingerprint density at radius 3 is 2.57 bits per heavy atom. The van der Waals surface area contributed by atoms with Gasteiger partial charge in [0.05, 0.1) is 19.8 Å². The molecule has 0 aliphatic carbocycles. The second-order valence-corrected chi connectivity index (χ2v) is 5.96. The summed E-state index contributed by atoms with van der Waals surface area (Å²) in [5.74, 6) is 0.589. The van der Waals surface area contributed by atoms with Crippen molar-refractivity contribution in [1.29, 1.82) is 0 Å². The first-order valence-electron chi connectivity index (χ1n) is 7.79. The van der Waals surface area contributed by atoms with E-state index in [1.54, 1.807) is 0 Å². The molecule has 1 aromatic heterocycles. The third kappa shape index (κ3) is 3.72. The summed E-state index contributed by atoms with van der Waals surface area (Å²) >= 11 is 0. The average Bonchev–Trinajstić information content (AvgIpc) is 2.88. The van der Waals surface area contributed by atoms with Crippen LogP contribution in [0.4, 0.5) is 0 Å². The average molecular weight is 296 g/mol. The van der Waals surface area contributed by atoms with Crippen LogP contribution in [-0.2, 0) is 11.3 Å². The van der Waals surface area contributed by atoms with Gasteiger partial charge < -0.3 is 14.1 Å². The first-order chi connectivity index (χ1) is 10.2. The molecule has 118 valence electrons. The van der Waals surface area contributed by atoms with E-state index in [0.29, 0.717) is 18.4 Å². The maximum absolute atomic E-state index is 11.9. The number of nitrogens with zero attached hydrogens (tertiary/aromatic N) is 4. The highest BCUT2D eigenvalue weighted by molar-refractivity contribution is 4.92. The topological polar surface area (TPSA) is 63.7 Å². The normalized spacial score (nSPS) is 22.7. The van der Waals surface area contributed by atoms with Gasteiger partial charge in [0.2, 0.25) is 5.89 Å². The fourth-order valence-corrected chi connectivity index (χ4v) is 2.95. The molecule has 2 aliphatic heterocycles. The minimum atomic E-state index is -0.322. The van der Waals surface area contributed by atoms with Gasteiger partial charge in [-0.2, -0.15) is 4.68 Å². The highest BCUT2D eigenvalue weighted by Crippen LogP contribution is 2.24. The Labute approximate surface area is 124 Å². The zero-order valence-electron chi connectivity index (χ0n) is 12.7. The molecule has 0 radical (unpaired) electrons. The summed E-state index contributed by atoms with van der Waals surface area (Å²) in [4.78, 5) is 16.5. The van der Waals surface area contributed by atoms with Gasteiger partial charge in [-0.1, -0.05) is 0 Å². The minimum Gasteiger partial charge on any atom is -0.392 e. The van der Waals surface area contributed by atoms with Crippen molar-refractivity contribution in [3.05, 3.63) is 16.4 Å². The molecule has 0 aromatic carbocycles. The van der Waals surface area contributed by atoms with Gasteiger partial charge in [0, 0.05) is 25.6 Å². The van der Waals surface area contributed by atoms with E-state index < -0.39 is 0 Å². The molecule has 0 bridgehead atoms. The summed E-state index contributed by atoms with van der Waals surface area (Å²) in [7, 11) is 2.12. The summed E-state index contributed by atoms with van der Waals surface area (Å²) < 4.78 is 12.2. The number of aromatic nitrogens is 2. The Morgan fingerprint density at radius 2 is 1.86 bits per heavy atom. The first kappa shape index (κ1) is 14.7. The van der Waals surface area contributed by atoms with Gasteiger partial charge in [-0.3, -0.25) is 4.90 Å². The Balaban J connectivity index is 1.57. The van der Waals surface area contributed by atoms with E-state index >= 15 is 0 Å². The van der Waals surface area contributed by atoms with Crippen molar-refractivity contribution >= 4 is 0 Å². The van der Waals surface area contributed by atoms with Gasteiger partial charge in [-0.05, 0) is 33.0 Å². The minimum absolute atomic E-state index is 0.290.